The molecule has 0 spiro atoms. The van der Waals surface area contributed by atoms with Crippen LogP contribution in [-0.4, -0.2) is 9.97 Å². The highest BCUT2D eigenvalue weighted by molar-refractivity contribution is 6.06. The summed E-state index contributed by atoms with van der Waals surface area (Å²) in [4.78, 5) is 10.4. The summed E-state index contributed by atoms with van der Waals surface area (Å²) in [7, 11) is 0. The van der Waals surface area contributed by atoms with E-state index >= 15 is 0 Å². The summed E-state index contributed by atoms with van der Waals surface area (Å²) in [5.74, 6) is 0.686. The van der Waals surface area contributed by atoms with Gasteiger partial charge in [-0.3, -0.25) is 0 Å². The molecule has 3 nitrogen and oxygen atoms in total. The molecule has 3 heteroatoms. The van der Waals surface area contributed by atoms with Crippen LogP contribution in [0.3, 0.4) is 0 Å². The van der Waals surface area contributed by atoms with Gasteiger partial charge in [0.05, 0.1) is 11.4 Å². The monoisotopic (exact) mass is 702 g/mol. The van der Waals surface area contributed by atoms with Gasteiger partial charge < -0.3 is 4.42 Å². The number of benzene rings is 8. The minimum absolute atomic E-state index is 0.686. The number of rotatable bonds is 7. The molecule has 0 aliphatic rings. The fourth-order valence-corrected chi connectivity index (χ4v) is 7.42. The van der Waals surface area contributed by atoms with E-state index < -0.39 is 0 Å². The molecular formula is C52H34N2O. The van der Waals surface area contributed by atoms with Gasteiger partial charge in [0.2, 0.25) is 0 Å². The lowest BCUT2D eigenvalue weighted by Crippen LogP contribution is -1.96. The predicted octanol–water partition coefficient (Wildman–Crippen LogP) is 14.0. The molecule has 258 valence electrons. The summed E-state index contributed by atoms with van der Waals surface area (Å²) in [6.45, 7) is 0. The largest absolute Gasteiger partial charge is 0.456 e. The summed E-state index contributed by atoms with van der Waals surface area (Å²) >= 11 is 0. The quantitative estimate of drug-likeness (QED) is 0.166. The molecule has 0 unspecified atom stereocenters. The van der Waals surface area contributed by atoms with Crippen molar-refractivity contribution in [2.45, 2.75) is 0 Å². The molecule has 0 aliphatic heterocycles. The van der Waals surface area contributed by atoms with Crippen molar-refractivity contribution in [3.8, 4) is 78.4 Å². The number of hydrogen-bond acceptors (Lipinski definition) is 3. The first kappa shape index (κ1) is 32.3. The van der Waals surface area contributed by atoms with E-state index in [0.717, 1.165) is 72.3 Å². The summed E-state index contributed by atoms with van der Waals surface area (Å²) in [5.41, 5.74) is 15.7. The standard InChI is InChI=1S/C52H34N2O/c1-4-12-35(13-5-1)37-20-22-39(23-21-37)43-30-44(42-28-29-51-47(33-42)46-18-10-11-19-50(46)55-51)32-45(31-43)49-34-48(53-52(54-49)41-16-8-3-9-17-41)40-26-24-38(25-27-40)36-14-6-2-7-15-36/h1-34H. The summed E-state index contributed by atoms with van der Waals surface area (Å²) in [5, 5.41) is 2.21. The molecule has 8 aromatic carbocycles. The first-order chi connectivity index (χ1) is 27.2. The third-order valence-electron chi connectivity index (χ3n) is 10.3. The van der Waals surface area contributed by atoms with Crippen molar-refractivity contribution in [1.82, 2.24) is 9.97 Å². The van der Waals surface area contributed by atoms with Crippen LogP contribution in [-0.2, 0) is 0 Å². The fourth-order valence-electron chi connectivity index (χ4n) is 7.42. The Morgan fingerprint density at radius 3 is 1.29 bits per heavy atom. The first-order valence-corrected chi connectivity index (χ1v) is 18.6. The highest BCUT2D eigenvalue weighted by Gasteiger charge is 2.15. The molecule has 0 radical (unpaired) electrons. The summed E-state index contributed by atoms with van der Waals surface area (Å²) in [6, 6.07) is 72.3. The average Bonchev–Trinajstić information content (AvgIpc) is 3.65. The third-order valence-corrected chi connectivity index (χ3v) is 10.3. The zero-order valence-corrected chi connectivity index (χ0v) is 29.9. The Balaban J connectivity index is 1.14. The van der Waals surface area contributed by atoms with E-state index in [2.05, 4.69) is 170 Å². The van der Waals surface area contributed by atoms with Crippen LogP contribution in [0.15, 0.2) is 211 Å². The minimum atomic E-state index is 0.686. The molecule has 55 heavy (non-hydrogen) atoms. The van der Waals surface area contributed by atoms with Crippen molar-refractivity contribution in [2.75, 3.05) is 0 Å². The summed E-state index contributed by atoms with van der Waals surface area (Å²) < 4.78 is 6.20. The van der Waals surface area contributed by atoms with Gasteiger partial charge in [-0.05, 0) is 87.0 Å². The Hall–Kier alpha value is -7.36. The summed E-state index contributed by atoms with van der Waals surface area (Å²) in [6.07, 6.45) is 0. The average molecular weight is 703 g/mol. The molecule has 0 aliphatic carbocycles. The van der Waals surface area contributed by atoms with Crippen molar-refractivity contribution in [2.24, 2.45) is 0 Å². The van der Waals surface area contributed by atoms with Crippen LogP contribution in [0.5, 0.6) is 0 Å². The van der Waals surface area contributed by atoms with E-state index in [4.69, 9.17) is 14.4 Å². The second-order valence-electron chi connectivity index (χ2n) is 13.8. The molecular weight excluding hydrogens is 669 g/mol. The molecule has 0 saturated carbocycles. The maximum Gasteiger partial charge on any atom is 0.160 e. The lowest BCUT2D eigenvalue weighted by Gasteiger charge is -2.14. The number of furan rings is 1. The molecule has 10 rings (SSSR count). The molecule has 0 fully saturated rings. The van der Waals surface area contributed by atoms with E-state index in [1.54, 1.807) is 0 Å². The van der Waals surface area contributed by atoms with Crippen LogP contribution in [0.25, 0.3) is 100 Å². The predicted molar refractivity (Wildman–Crippen MR) is 227 cm³/mol. The van der Waals surface area contributed by atoms with Crippen LogP contribution in [0.1, 0.15) is 0 Å². The van der Waals surface area contributed by atoms with Gasteiger partial charge in [0.25, 0.3) is 0 Å². The van der Waals surface area contributed by atoms with Crippen LogP contribution in [0.4, 0.5) is 0 Å². The van der Waals surface area contributed by atoms with Crippen LogP contribution in [0.2, 0.25) is 0 Å². The normalized spacial score (nSPS) is 11.3. The highest BCUT2D eigenvalue weighted by Crippen LogP contribution is 2.38. The molecule has 2 heterocycles. The first-order valence-electron chi connectivity index (χ1n) is 18.6. The van der Waals surface area contributed by atoms with Crippen LogP contribution < -0.4 is 0 Å². The molecule has 0 bridgehead atoms. The molecule has 2 aromatic heterocycles. The minimum Gasteiger partial charge on any atom is -0.456 e. The van der Waals surface area contributed by atoms with Crippen LogP contribution in [0, 0.1) is 0 Å². The van der Waals surface area contributed by atoms with Gasteiger partial charge >= 0.3 is 0 Å². The Morgan fingerprint density at radius 2 is 0.673 bits per heavy atom. The van der Waals surface area contributed by atoms with Gasteiger partial charge in [-0.25, -0.2) is 9.97 Å². The highest BCUT2D eigenvalue weighted by atomic mass is 16.3. The lowest BCUT2D eigenvalue weighted by molar-refractivity contribution is 0.669. The molecule has 10 aromatic rings. The smallest absolute Gasteiger partial charge is 0.160 e. The van der Waals surface area contributed by atoms with Crippen LogP contribution >= 0.6 is 0 Å². The fraction of sp³-hybridized carbons (Fsp3) is 0. The number of para-hydroxylation sites is 1. The second kappa shape index (κ2) is 13.9. The number of fused-ring (bicyclic) bond motifs is 3. The molecule has 0 atom stereocenters. The Morgan fingerprint density at radius 1 is 0.255 bits per heavy atom. The van der Waals surface area contributed by atoms with E-state index in [9.17, 15) is 0 Å². The van der Waals surface area contributed by atoms with Crippen molar-refractivity contribution < 1.29 is 4.42 Å². The second-order valence-corrected chi connectivity index (χ2v) is 13.8. The van der Waals surface area contributed by atoms with Gasteiger partial charge in [-0.1, -0.05) is 164 Å². The topological polar surface area (TPSA) is 38.9 Å². The van der Waals surface area contributed by atoms with Gasteiger partial charge in [0.15, 0.2) is 5.82 Å². The van der Waals surface area contributed by atoms with Crippen molar-refractivity contribution in [3.63, 3.8) is 0 Å². The van der Waals surface area contributed by atoms with Crippen molar-refractivity contribution in [1.29, 1.82) is 0 Å². The van der Waals surface area contributed by atoms with E-state index in [0.29, 0.717) is 5.82 Å². The van der Waals surface area contributed by atoms with E-state index in [1.807, 2.05) is 36.4 Å². The molecule has 0 N–H and O–H groups in total. The molecule has 0 amide bonds. The third kappa shape index (κ3) is 6.39. The van der Waals surface area contributed by atoms with Gasteiger partial charge in [0.1, 0.15) is 11.2 Å². The number of aromatic nitrogens is 2. The van der Waals surface area contributed by atoms with Crippen molar-refractivity contribution in [3.05, 3.63) is 206 Å². The Labute approximate surface area is 319 Å². The SMILES string of the molecule is c1ccc(-c2ccc(-c3cc(-c4ccc5oc6ccccc6c5c4)cc(-c4cc(-c5ccc(-c6ccccc6)cc5)nc(-c5ccccc5)n4)c3)cc2)cc1. The van der Waals surface area contributed by atoms with Gasteiger partial charge in [-0.15, -0.1) is 0 Å². The Bertz CT molecular complexity index is 2930. The lowest BCUT2D eigenvalue weighted by atomic mass is 9.93. The zero-order valence-electron chi connectivity index (χ0n) is 29.9. The van der Waals surface area contributed by atoms with Crippen molar-refractivity contribution >= 4 is 21.9 Å². The number of hydrogen-bond donors (Lipinski definition) is 0. The zero-order chi connectivity index (χ0) is 36.6. The molecule has 0 saturated heterocycles. The number of nitrogens with zero attached hydrogens (tertiary/aromatic N) is 2. The van der Waals surface area contributed by atoms with E-state index in [-0.39, 0.29) is 0 Å². The Kier molecular flexibility index (Phi) is 8.16. The van der Waals surface area contributed by atoms with E-state index in [1.165, 1.54) is 22.3 Å². The maximum atomic E-state index is 6.20. The maximum absolute atomic E-state index is 6.20. The van der Waals surface area contributed by atoms with Gasteiger partial charge in [-0.2, -0.15) is 0 Å². The van der Waals surface area contributed by atoms with Gasteiger partial charge in [0, 0.05) is 27.5 Å².